The Bertz CT molecular complexity index is 1120. The molecule has 2 aromatic carbocycles. The van der Waals surface area contributed by atoms with Crippen LogP contribution in [0, 0.1) is 6.92 Å². The first-order chi connectivity index (χ1) is 13.2. The summed E-state index contributed by atoms with van der Waals surface area (Å²) < 4.78 is 6.89. The van der Waals surface area contributed by atoms with E-state index >= 15 is 0 Å². The lowest BCUT2D eigenvalue weighted by Crippen LogP contribution is -2.13. The van der Waals surface area contributed by atoms with E-state index in [1.165, 1.54) is 0 Å². The van der Waals surface area contributed by atoms with Crippen molar-refractivity contribution in [1.82, 2.24) is 19.7 Å². The first kappa shape index (κ1) is 16.7. The summed E-state index contributed by atoms with van der Waals surface area (Å²) in [6.45, 7) is 1.86. The average Bonchev–Trinajstić information content (AvgIpc) is 3.09. The van der Waals surface area contributed by atoms with Crippen LogP contribution in [0.25, 0.3) is 16.7 Å². The first-order valence-corrected chi connectivity index (χ1v) is 8.37. The maximum absolute atomic E-state index is 12.7. The predicted molar refractivity (Wildman–Crippen MR) is 102 cm³/mol. The monoisotopic (exact) mass is 359 g/mol. The number of benzene rings is 2. The summed E-state index contributed by atoms with van der Waals surface area (Å²) >= 11 is 0. The molecule has 1 amide bonds. The molecule has 0 radical (unpaired) electrons. The van der Waals surface area contributed by atoms with E-state index in [0.29, 0.717) is 11.3 Å². The third-order valence-corrected chi connectivity index (χ3v) is 4.30. The van der Waals surface area contributed by atoms with Crippen molar-refractivity contribution in [1.29, 1.82) is 0 Å². The zero-order valence-electron chi connectivity index (χ0n) is 14.9. The highest BCUT2D eigenvalue weighted by molar-refractivity contribution is 6.05. The molecule has 0 atom stereocenters. The molecule has 7 nitrogen and oxygen atoms in total. The van der Waals surface area contributed by atoms with Gasteiger partial charge < -0.3 is 10.1 Å². The Morgan fingerprint density at radius 1 is 1.04 bits per heavy atom. The van der Waals surface area contributed by atoms with Crippen LogP contribution in [0.5, 0.6) is 5.75 Å². The summed E-state index contributed by atoms with van der Waals surface area (Å²) in [7, 11) is 1.62. The highest BCUT2D eigenvalue weighted by Crippen LogP contribution is 2.20. The zero-order valence-corrected chi connectivity index (χ0v) is 14.9. The van der Waals surface area contributed by atoms with Gasteiger partial charge in [-0.15, -0.1) is 0 Å². The van der Waals surface area contributed by atoms with Crippen molar-refractivity contribution in [2.45, 2.75) is 6.92 Å². The number of nitrogens with one attached hydrogen (secondary N) is 1. The normalized spacial score (nSPS) is 10.7. The number of hydrogen-bond donors (Lipinski definition) is 1. The fraction of sp³-hybridized carbons (Fsp3) is 0.100. The molecule has 1 N–H and O–H groups in total. The Morgan fingerprint density at radius 2 is 1.78 bits per heavy atom. The smallest absolute Gasteiger partial charge is 0.259 e. The highest BCUT2D eigenvalue weighted by Gasteiger charge is 2.15. The Balaban J connectivity index is 1.59. The van der Waals surface area contributed by atoms with Crippen molar-refractivity contribution in [2.75, 3.05) is 12.4 Å². The van der Waals surface area contributed by atoms with Gasteiger partial charge in [0.1, 0.15) is 5.75 Å². The Labute approximate surface area is 155 Å². The van der Waals surface area contributed by atoms with Gasteiger partial charge in [0.15, 0.2) is 0 Å². The van der Waals surface area contributed by atoms with Gasteiger partial charge in [-0.1, -0.05) is 0 Å². The number of carbonyl (C=O) groups excluding carboxylic acids is 1. The molecule has 0 saturated carbocycles. The van der Waals surface area contributed by atoms with Gasteiger partial charge in [0.2, 0.25) is 0 Å². The first-order valence-electron chi connectivity index (χ1n) is 8.37. The second-order valence-corrected chi connectivity index (χ2v) is 5.97. The molecule has 0 aliphatic carbocycles. The standard InChI is InChI=1S/C20H17N5O2/c1-13-17(12-23-25(13)15-4-6-16(27-2)7-5-15)20(26)24-14-3-8-18-19(11-14)22-10-9-21-18/h3-12H,1-2H3,(H,24,26). The molecule has 0 bridgehead atoms. The Kier molecular flexibility index (Phi) is 4.25. The SMILES string of the molecule is COc1ccc(-n2ncc(C(=O)Nc3ccc4nccnc4c3)c2C)cc1. The van der Waals surface area contributed by atoms with E-state index < -0.39 is 0 Å². The third kappa shape index (κ3) is 3.22. The summed E-state index contributed by atoms with van der Waals surface area (Å²) in [6, 6.07) is 12.9. The van der Waals surface area contributed by atoms with Gasteiger partial charge in [0.25, 0.3) is 5.91 Å². The average molecular weight is 359 g/mol. The molecule has 0 aliphatic heterocycles. The molecule has 0 aliphatic rings. The minimum atomic E-state index is -0.226. The molecule has 2 heterocycles. The number of anilines is 1. The summed E-state index contributed by atoms with van der Waals surface area (Å²) in [5, 5.41) is 7.24. The number of methoxy groups -OCH3 is 1. The number of aromatic nitrogens is 4. The molecule has 4 rings (SSSR count). The summed E-state index contributed by atoms with van der Waals surface area (Å²) in [5.74, 6) is 0.538. The topological polar surface area (TPSA) is 81.9 Å². The van der Waals surface area contributed by atoms with Crippen molar-refractivity contribution < 1.29 is 9.53 Å². The Morgan fingerprint density at radius 3 is 2.52 bits per heavy atom. The number of nitrogens with zero attached hydrogens (tertiary/aromatic N) is 4. The van der Waals surface area contributed by atoms with Crippen molar-refractivity contribution >= 4 is 22.6 Å². The minimum absolute atomic E-state index is 0.226. The second-order valence-electron chi connectivity index (χ2n) is 5.97. The molecule has 0 spiro atoms. The van der Waals surface area contributed by atoms with Gasteiger partial charge in [-0.2, -0.15) is 5.10 Å². The largest absolute Gasteiger partial charge is 0.497 e. The molecule has 4 aromatic rings. The van der Waals surface area contributed by atoms with E-state index in [1.54, 1.807) is 42.5 Å². The molecule has 134 valence electrons. The molecule has 7 heteroatoms. The number of amides is 1. The van der Waals surface area contributed by atoms with Crippen LogP contribution in [0.4, 0.5) is 5.69 Å². The number of ether oxygens (including phenoxy) is 1. The number of carbonyl (C=O) groups is 1. The maximum atomic E-state index is 12.7. The molecule has 0 saturated heterocycles. The lowest BCUT2D eigenvalue weighted by molar-refractivity contribution is 0.102. The van der Waals surface area contributed by atoms with Crippen LogP contribution in [-0.2, 0) is 0 Å². The Hall–Kier alpha value is -3.74. The van der Waals surface area contributed by atoms with E-state index in [4.69, 9.17) is 4.74 Å². The van der Waals surface area contributed by atoms with Crippen LogP contribution < -0.4 is 10.1 Å². The molecular formula is C20H17N5O2. The summed E-state index contributed by atoms with van der Waals surface area (Å²) in [5.41, 5.74) is 4.26. The number of fused-ring (bicyclic) bond motifs is 1. The van der Waals surface area contributed by atoms with Crippen molar-refractivity contribution in [3.8, 4) is 11.4 Å². The molecule has 0 fully saturated rings. The number of rotatable bonds is 4. The van der Waals surface area contributed by atoms with Gasteiger partial charge in [-0.3, -0.25) is 14.8 Å². The van der Waals surface area contributed by atoms with Crippen LogP contribution in [-0.4, -0.2) is 32.8 Å². The van der Waals surface area contributed by atoms with E-state index in [-0.39, 0.29) is 5.91 Å². The van der Waals surface area contributed by atoms with E-state index in [2.05, 4.69) is 20.4 Å². The van der Waals surface area contributed by atoms with Gasteiger partial charge in [0.05, 0.1) is 41.3 Å². The lowest BCUT2D eigenvalue weighted by atomic mass is 10.2. The number of hydrogen-bond acceptors (Lipinski definition) is 5. The van der Waals surface area contributed by atoms with E-state index in [9.17, 15) is 4.79 Å². The highest BCUT2D eigenvalue weighted by atomic mass is 16.5. The van der Waals surface area contributed by atoms with Crippen molar-refractivity contribution in [2.24, 2.45) is 0 Å². The molecule has 2 aromatic heterocycles. The second kappa shape index (κ2) is 6.87. The molecular weight excluding hydrogens is 342 g/mol. The fourth-order valence-corrected chi connectivity index (χ4v) is 2.86. The summed E-state index contributed by atoms with van der Waals surface area (Å²) in [6.07, 6.45) is 4.82. The van der Waals surface area contributed by atoms with Gasteiger partial charge in [0, 0.05) is 18.1 Å². The van der Waals surface area contributed by atoms with Crippen molar-refractivity contribution in [3.63, 3.8) is 0 Å². The quantitative estimate of drug-likeness (QED) is 0.604. The predicted octanol–water partition coefficient (Wildman–Crippen LogP) is 3.38. The fourth-order valence-electron chi connectivity index (χ4n) is 2.86. The van der Waals surface area contributed by atoms with Gasteiger partial charge in [-0.05, 0) is 49.4 Å². The molecule has 27 heavy (non-hydrogen) atoms. The van der Waals surface area contributed by atoms with E-state index in [1.807, 2.05) is 37.3 Å². The van der Waals surface area contributed by atoms with Crippen molar-refractivity contribution in [3.05, 3.63) is 72.3 Å². The van der Waals surface area contributed by atoms with Gasteiger partial charge in [-0.25, -0.2) is 4.68 Å². The summed E-state index contributed by atoms with van der Waals surface area (Å²) in [4.78, 5) is 21.2. The third-order valence-electron chi connectivity index (χ3n) is 4.30. The van der Waals surface area contributed by atoms with Crippen LogP contribution in [0.1, 0.15) is 16.1 Å². The minimum Gasteiger partial charge on any atom is -0.497 e. The van der Waals surface area contributed by atoms with Crippen LogP contribution in [0.15, 0.2) is 61.1 Å². The van der Waals surface area contributed by atoms with Crippen LogP contribution in [0.3, 0.4) is 0 Å². The van der Waals surface area contributed by atoms with Crippen LogP contribution >= 0.6 is 0 Å². The van der Waals surface area contributed by atoms with Crippen LogP contribution in [0.2, 0.25) is 0 Å². The van der Waals surface area contributed by atoms with Gasteiger partial charge >= 0.3 is 0 Å². The zero-order chi connectivity index (χ0) is 18.8. The lowest BCUT2D eigenvalue weighted by Gasteiger charge is -2.08. The van der Waals surface area contributed by atoms with E-state index in [0.717, 1.165) is 28.2 Å². The molecule has 0 unspecified atom stereocenters. The maximum Gasteiger partial charge on any atom is 0.259 e.